The zero-order chi connectivity index (χ0) is 15.4. The molecule has 2 aromatic carbocycles. The number of hydrogen-bond acceptors (Lipinski definition) is 5. The first kappa shape index (κ1) is 14.3. The van der Waals surface area contributed by atoms with Crippen LogP contribution in [0.15, 0.2) is 42.5 Å². The van der Waals surface area contributed by atoms with Crippen molar-refractivity contribution < 1.29 is 9.72 Å². The Labute approximate surface area is 120 Å². The van der Waals surface area contributed by atoms with Crippen LogP contribution < -0.4 is 16.4 Å². The topological polar surface area (TPSA) is 110 Å². The molecule has 0 aliphatic carbocycles. The largest absolute Gasteiger partial charge is 0.393 e. The number of nitrogen functional groups attached to an aromatic ring is 1. The molecular formula is C14H14N4O3. The van der Waals surface area contributed by atoms with Gasteiger partial charge in [0.2, 0.25) is 5.91 Å². The van der Waals surface area contributed by atoms with E-state index in [1.807, 2.05) is 6.07 Å². The number of carbonyl (C=O) groups excluding carboxylic acids is 1. The van der Waals surface area contributed by atoms with Crippen LogP contribution in [0, 0.1) is 10.1 Å². The molecule has 0 aromatic heterocycles. The van der Waals surface area contributed by atoms with E-state index in [2.05, 4.69) is 10.6 Å². The molecule has 0 heterocycles. The van der Waals surface area contributed by atoms with Gasteiger partial charge < -0.3 is 16.4 Å². The number of nitrogens with zero attached hydrogens (tertiary/aromatic N) is 1. The summed E-state index contributed by atoms with van der Waals surface area (Å²) >= 11 is 0. The molecule has 21 heavy (non-hydrogen) atoms. The first-order chi connectivity index (χ1) is 9.95. The van der Waals surface area contributed by atoms with Crippen LogP contribution in [0.2, 0.25) is 0 Å². The van der Waals surface area contributed by atoms with E-state index in [0.717, 1.165) is 5.69 Å². The van der Waals surface area contributed by atoms with Gasteiger partial charge in [-0.15, -0.1) is 0 Å². The van der Waals surface area contributed by atoms with Crippen molar-refractivity contribution in [1.29, 1.82) is 0 Å². The number of nitro groups is 1. The Morgan fingerprint density at radius 1 is 1.14 bits per heavy atom. The van der Waals surface area contributed by atoms with Crippen LogP contribution in [0.1, 0.15) is 6.92 Å². The fraction of sp³-hybridized carbons (Fsp3) is 0.0714. The molecule has 0 unspecified atom stereocenters. The minimum Gasteiger partial charge on any atom is -0.393 e. The minimum atomic E-state index is -0.531. The molecule has 7 heteroatoms. The molecular weight excluding hydrogens is 272 g/mol. The quantitative estimate of drug-likeness (QED) is 0.454. The summed E-state index contributed by atoms with van der Waals surface area (Å²) in [4.78, 5) is 21.2. The summed E-state index contributed by atoms with van der Waals surface area (Å²) < 4.78 is 0. The number of benzene rings is 2. The molecule has 0 atom stereocenters. The highest BCUT2D eigenvalue weighted by atomic mass is 16.6. The Hall–Kier alpha value is -3.09. The second-order valence-electron chi connectivity index (χ2n) is 4.42. The zero-order valence-corrected chi connectivity index (χ0v) is 11.3. The van der Waals surface area contributed by atoms with Crippen molar-refractivity contribution in [3.63, 3.8) is 0 Å². The first-order valence-corrected chi connectivity index (χ1v) is 6.14. The van der Waals surface area contributed by atoms with E-state index < -0.39 is 4.92 Å². The predicted octanol–water partition coefficient (Wildman–Crippen LogP) is 2.88. The lowest BCUT2D eigenvalue weighted by Gasteiger charge is -2.09. The second kappa shape index (κ2) is 5.91. The van der Waals surface area contributed by atoms with Crippen LogP contribution >= 0.6 is 0 Å². The van der Waals surface area contributed by atoms with Gasteiger partial charge in [-0.1, -0.05) is 6.07 Å². The first-order valence-electron chi connectivity index (χ1n) is 6.14. The van der Waals surface area contributed by atoms with Gasteiger partial charge in [-0.05, 0) is 30.3 Å². The summed E-state index contributed by atoms with van der Waals surface area (Å²) in [7, 11) is 0. The van der Waals surface area contributed by atoms with Gasteiger partial charge in [-0.2, -0.15) is 0 Å². The van der Waals surface area contributed by atoms with Crippen molar-refractivity contribution in [2.45, 2.75) is 6.92 Å². The van der Waals surface area contributed by atoms with Crippen LogP contribution in [-0.4, -0.2) is 10.8 Å². The van der Waals surface area contributed by atoms with Gasteiger partial charge in [0.25, 0.3) is 5.69 Å². The molecule has 1 amide bonds. The lowest BCUT2D eigenvalue weighted by atomic mass is 10.2. The smallest absolute Gasteiger partial charge is 0.292 e. The Kier molecular flexibility index (Phi) is 4.03. The van der Waals surface area contributed by atoms with Crippen LogP contribution in [0.5, 0.6) is 0 Å². The molecule has 4 N–H and O–H groups in total. The minimum absolute atomic E-state index is 0.0861. The van der Waals surface area contributed by atoms with E-state index >= 15 is 0 Å². The van der Waals surface area contributed by atoms with Gasteiger partial charge in [0.05, 0.1) is 4.92 Å². The van der Waals surface area contributed by atoms with Crippen LogP contribution in [0.4, 0.5) is 28.4 Å². The highest BCUT2D eigenvalue weighted by molar-refractivity contribution is 5.89. The third-order valence-corrected chi connectivity index (χ3v) is 2.70. The predicted molar refractivity (Wildman–Crippen MR) is 81.5 cm³/mol. The fourth-order valence-electron chi connectivity index (χ4n) is 1.84. The van der Waals surface area contributed by atoms with Gasteiger partial charge in [0, 0.05) is 30.1 Å². The third-order valence-electron chi connectivity index (χ3n) is 2.70. The molecule has 0 saturated carbocycles. The molecule has 0 radical (unpaired) electrons. The average molecular weight is 286 g/mol. The number of rotatable bonds is 4. The summed E-state index contributed by atoms with van der Waals surface area (Å²) in [6.45, 7) is 1.43. The number of anilines is 4. The van der Waals surface area contributed by atoms with Crippen molar-refractivity contribution in [3.05, 3.63) is 52.6 Å². The molecule has 0 aliphatic heterocycles. The van der Waals surface area contributed by atoms with Gasteiger partial charge in [-0.3, -0.25) is 14.9 Å². The molecule has 0 saturated heterocycles. The summed E-state index contributed by atoms with van der Waals surface area (Å²) in [5.74, 6) is -0.160. The highest BCUT2D eigenvalue weighted by Crippen LogP contribution is 2.27. The SMILES string of the molecule is CC(=O)Nc1cccc(Nc2ccc([N+](=O)[O-])c(N)c2)c1. The Morgan fingerprint density at radius 3 is 2.43 bits per heavy atom. The van der Waals surface area contributed by atoms with E-state index in [1.165, 1.54) is 19.1 Å². The summed E-state index contributed by atoms with van der Waals surface area (Å²) in [5.41, 5.74) is 7.60. The number of nitrogens with two attached hydrogens (primary N) is 1. The average Bonchev–Trinajstić information content (AvgIpc) is 2.37. The van der Waals surface area contributed by atoms with E-state index in [9.17, 15) is 14.9 Å². The van der Waals surface area contributed by atoms with Crippen LogP contribution in [-0.2, 0) is 4.79 Å². The number of nitrogens with one attached hydrogen (secondary N) is 2. The van der Waals surface area contributed by atoms with E-state index in [4.69, 9.17) is 5.73 Å². The van der Waals surface area contributed by atoms with Crippen molar-refractivity contribution in [2.75, 3.05) is 16.4 Å². The lowest BCUT2D eigenvalue weighted by molar-refractivity contribution is -0.383. The Balaban J connectivity index is 2.20. The normalized spacial score (nSPS) is 9.95. The maximum Gasteiger partial charge on any atom is 0.292 e. The van der Waals surface area contributed by atoms with Crippen LogP contribution in [0.3, 0.4) is 0 Å². The van der Waals surface area contributed by atoms with Gasteiger partial charge in [0.15, 0.2) is 0 Å². The van der Waals surface area contributed by atoms with Crippen molar-refractivity contribution in [3.8, 4) is 0 Å². The Bertz CT molecular complexity index is 700. The summed E-state index contributed by atoms with van der Waals surface area (Å²) in [5, 5.41) is 16.4. The van der Waals surface area contributed by atoms with Crippen molar-refractivity contribution in [2.24, 2.45) is 0 Å². The maximum atomic E-state index is 11.0. The Morgan fingerprint density at radius 2 is 1.81 bits per heavy atom. The number of amides is 1. The lowest BCUT2D eigenvalue weighted by Crippen LogP contribution is -2.05. The molecule has 0 fully saturated rings. The molecule has 2 rings (SSSR count). The number of carbonyl (C=O) groups is 1. The van der Waals surface area contributed by atoms with E-state index in [0.29, 0.717) is 11.4 Å². The van der Waals surface area contributed by atoms with Crippen LogP contribution in [0.25, 0.3) is 0 Å². The summed E-state index contributed by atoms with van der Waals surface area (Å²) in [6.07, 6.45) is 0. The maximum absolute atomic E-state index is 11.0. The van der Waals surface area contributed by atoms with E-state index in [-0.39, 0.29) is 17.3 Å². The molecule has 2 aromatic rings. The standard InChI is InChI=1S/C14H14N4O3/c1-9(19)16-10-3-2-4-11(7-10)17-12-5-6-14(18(20)21)13(15)8-12/h2-8,17H,15H2,1H3,(H,16,19). The molecule has 0 bridgehead atoms. The molecule has 0 aliphatic rings. The van der Waals surface area contributed by atoms with Crippen molar-refractivity contribution >= 4 is 34.3 Å². The number of hydrogen-bond donors (Lipinski definition) is 3. The van der Waals surface area contributed by atoms with Gasteiger partial charge in [0.1, 0.15) is 5.69 Å². The van der Waals surface area contributed by atoms with E-state index in [1.54, 1.807) is 24.3 Å². The monoisotopic (exact) mass is 286 g/mol. The molecule has 108 valence electrons. The molecule has 0 spiro atoms. The van der Waals surface area contributed by atoms with Gasteiger partial charge in [-0.25, -0.2) is 0 Å². The van der Waals surface area contributed by atoms with Gasteiger partial charge >= 0.3 is 0 Å². The highest BCUT2D eigenvalue weighted by Gasteiger charge is 2.11. The fourth-order valence-corrected chi connectivity index (χ4v) is 1.84. The third kappa shape index (κ3) is 3.69. The second-order valence-corrected chi connectivity index (χ2v) is 4.42. The molecule has 7 nitrogen and oxygen atoms in total. The number of nitro benzene ring substituents is 1. The summed E-state index contributed by atoms with van der Waals surface area (Å²) in [6, 6.07) is 11.5. The van der Waals surface area contributed by atoms with Crippen molar-refractivity contribution in [1.82, 2.24) is 0 Å². The zero-order valence-electron chi connectivity index (χ0n) is 11.3.